The second kappa shape index (κ2) is 9.34. The number of hydrogen-bond acceptors (Lipinski definition) is 4. The summed E-state index contributed by atoms with van der Waals surface area (Å²) in [5.74, 6) is 0.120. The summed E-state index contributed by atoms with van der Waals surface area (Å²) in [6, 6.07) is 14.3. The van der Waals surface area contributed by atoms with Gasteiger partial charge >= 0.3 is 0 Å². The Balaban J connectivity index is 1.32. The third-order valence-electron chi connectivity index (χ3n) is 4.42. The van der Waals surface area contributed by atoms with E-state index in [-0.39, 0.29) is 5.91 Å². The van der Waals surface area contributed by atoms with Crippen LogP contribution in [-0.2, 0) is 17.8 Å². The predicted molar refractivity (Wildman–Crippen MR) is 104 cm³/mol. The van der Waals surface area contributed by atoms with Gasteiger partial charge in [0, 0.05) is 44.1 Å². The summed E-state index contributed by atoms with van der Waals surface area (Å²) in [5.41, 5.74) is 1.25. The lowest BCUT2D eigenvalue weighted by Crippen LogP contribution is -2.49. The maximum Gasteiger partial charge on any atom is 0.234 e. The van der Waals surface area contributed by atoms with Gasteiger partial charge in [-0.2, -0.15) is 0 Å². The highest BCUT2D eigenvalue weighted by Crippen LogP contribution is 2.23. The van der Waals surface area contributed by atoms with Gasteiger partial charge in [-0.25, -0.2) is 0 Å². The molecule has 1 fully saturated rings. The van der Waals surface area contributed by atoms with E-state index >= 15 is 0 Å². The number of carbonyl (C=O) groups excluding carboxylic acids is 1. The number of thiophene rings is 1. The molecule has 2 aromatic rings. The second-order valence-corrected chi connectivity index (χ2v) is 8.14. The van der Waals surface area contributed by atoms with Crippen LogP contribution >= 0.6 is 22.9 Å². The van der Waals surface area contributed by atoms with Crippen LogP contribution < -0.4 is 5.32 Å². The molecule has 1 N–H and O–H groups in total. The fourth-order valence-corrected chi connectivity index (χ4v) is 4.14. The topological polar surface area (TPSA) is 35.6 Å². The molecule has 0 atom stereocenters. The van der Waals surface area contributed by atoms with Crippen molar-refractivity contribution in [3.8, 4) is 0 Å². The molecule has 1 aliphatic rings. The van der Waals surface area contributed by atoms with E-state index in [4.69, 9.17) is 11.6 Å². The number of nitrogens with zero attached hydrogens (tertiary/aromatic N) is 2. The third kappa shape index (κ3) is 6.12. The first-order valence-corrected chi connectivity index (χ1v) is 9.88. The van der Waals surface area contributed by atoms with Crippen molar-refractivity contribution in [2.45, 2.75) is 13.0 Å². The van der Waals surface area contributed by atoms with Crippen LogP contribution in [0.4, 0.5) is 0 Å². The van der Waals surface area contributed by atoms with E-state index in [0.29, 0.717) is 13.1 Å². The summed E-state index contributed by atoms with van der Waals surface area (Å²) in [6.07, 6.45) is 0.879. The fourth-order valence-electron chi connectivity index (χ4n) is 3.01. The molecule has 0 bridgehead atoms. The molecule has 1 amide bonds. The molecule has 0 unspecified atom stereocenters. The molecule has 1 saturated heterocycles. The van der Waals surface area contributed by atoms with Gasteiger partial charge in [0.25, 0.3) is 0 Å². The van der Waals surface area contributed by atoms with Crippen LogP contribution in [0.1, 0.15) is 10.4 Å². The van der Waals surface area contributed by atoms with Crippen molar-refractivity contribution in [3.05, 3.63) is 57.2 Å². The molecule has 134 valence electrons. The summed E-state index contributed by atoms with van der Waals surface area (Å²) in [5, 5.41) is 3.03. The normalized spacial score (nSPS) is 16.0. The number of nitrogens with one attached hydrogen (secondary N) is 1. The minimum Gasteiger partial charge on any atom is -0.355 e. The van der Waals surface area contributed by atoms with Gasteiger partial charge in [0.05, 0.1) is 10.9 Å². The zero-order valence-electron chi connectivity index (χ0n) is 14.3. The van der Waals surface area contributed by atoms with Gasteiger partial charge in [-0.3, -0.25) is 14.6 Å². The fraction of sp³-hybridized carbons (Fsp3) is 0.421. The zero-order chi connectivity index (χ0) is 17.5. The Kier molecular flexibility index (Phi) is 6.87. The van der Waals surface area contributed by atoms with Gasteiger partial charge in [-0.1, -0.05) is 41.9 Å². The first kappa shape index (κ1) is 18.4. The number of amides is 1. The minimum atomic E-state index is 0.120. The predicted octanol–water partition coefficient (Wildman–Crippen LogP) is 2.88. The van der Waals surface area contributed by atoms with Crippen LogP contribution in [0.15, 0.2) is 42.5 Å². The van der Waals surface area contributed by atoms with Gasteiger partial charge in [0.2, 0.25) is 5.91 Å². The average Bonchev–Trinajstić information content (AvgIpc) is 3.02. The van der Waals surface area contributed by atoms with Crippen LogP contribution in [0.25, 0.3) is 0 Å². The lowest BCUT2D eigenvalue weighted by molar-refractivity contribution is -0.122. The quantitative estimate of drug-likeness (QED) is 0.805. The van der Waals surface area contributed by atoms with Crippen LogP contribution in [0.2, 0.25) is 4.34 Å². The monoisotopic (exact) mass is 377 g/mol. The lowest BCUT2D eigenvalue weighted by Gasteiger charge is -2.34. The molecular formula is C19H24ClN3OS. The van der Waals surface area contributed by atoms with Gasteiger partial charge in [0.15, 0.2) is 0 Å². The maximum absolute atomic E-state index is 12.1. The molecule has 2 heterocycles. The van der Waals surface area contributed by atoms with Crippen molar-refractivity contribution in [1.29, 1.82) is 0 Å². The highest BCUT2D eigenvalue weighted by atomic mass is 35.5. The number of rotatable bonds is 7. The number of benzene rings is 1. The van der Waals surface area contributed by atoms with Crippen molar-refractivity contribution in [3.63, 3.8) is 0 Å². The first-order valence-electron chi connectivity index (χ1n) is 8.68. The van der Waals surface area contributed by atoms with E-state index in [1.807, 2.05) is 24.3 Å². The Labute approximate surface area is 158 Å². The van der Waals surface area contributed by atoms with Crippen molar-refractivity contribution < 1.29 is 4.79 Å². The summed E-state index contributed by atoms with van der Waals surface area (Å²) in [7, 11) is 0. The van der Waals surface area contributed by atoms with Crippen molar-refractivity contribution >= 4 is 28.8 Å². The summed E-state index contributed by atoms with van der Waals surface area (Å²) < 4.78 is 0.848. The van der Waals surface area contributed by atoms with E-state index in [2.05, 4.69) is 33.3 Å². The van der Waals surface area contributed by atoms with E-state index < -0.39 is 0 Å². The highest BCUT2D eigenvalue weighted by molar-refractivity contribution is 7.16. The Morgan fingerprint density at radius 1 is 1.04 bits per heavy atom. The Bertz CT molecular complexity index is 668. The SMILES string of the molecule is O=C(CN1CCN(Cc2ccc(Cl)s2)CC1)NCCc1ccccc1. The van der Waals surface area contributed by atoms with Crippen LogP contribution in [-0.4, -0.2) is 55.0 Å². The van der Waals surface area contributed by atoms with Gasteiger partial charge in [-0.15, -0.1) is 11.3 Å². The van der Waals surface area contributed by atoms with E-state index in [1.165, 1.54) is 10.4 Å². The molecule has 0 aliphatic carbocycles. The van der Waals surface area contributed by atoms with Crippen molar-refractivity contribution in [1.82, 2.24) is 15.1 Å². The first-order chi connectivity index (χ1) is 12.2. The zero-order valence-corrected chi connectivity index (χ0v) is 15.9. The standard InChI is InChI=1S/C19H24ClN3OS/c20-18-7-6-17(25-18)14-22-10-12-23(13-11-22)15-19(24)21-9-8-16-4-2-1-3-5-16/h1-7H,8-15H2,(H,21,24). The molecule has 6 heteroatoms. The average molecular weight is 378 g/mol. The third-order valence-corrected chi connectivity index (χ3v) is 5.63. The summed E-state index contributed by atoms with van der Waals surface area (Å²) in [4.78, 5) is 18.1. The van der Waals surface area contributed by atoms with E-state index in [9.17, 15) is 4.79 Å². The molecule has 3 rings (SSSR count). The molecule has 0 spiro atoms. The highest BCUT2D eigenvalue weighted by Gasteiger charge is 2.19. The Morgan fingerprint density at radius 3 is 2.44 bits per heavy atom. The Morgan fingerprint density at radius 2 is 1.76 bits per heavy atom. The molecular weight excluding hydrogens is 354 g/mol. The summed E-state index contributed by atoms with van der Waals surface area (Å²) >= 11 is 7.63. The second-order valence-electron chi connectivity index (χ2n) is 6.34. The molecule has 1 aromatic carbocycles. The Hall–Kier alpha value is -1.40. The smallest absolute Gasteiger partial charge is 0.234 e. The molecule has 4 nitrogen and oxygen atoms in total. The number of halogens is 1. The molecule has 1 aliphatic heterocycles. The van der Waals surface area contributed by atoms with E-state index in [0.717, 1.165) is 43.5 Å². The molecule has 25 heavy (non-hydrogen) atoms. The van der Waals surface area contributed by atoms with Crippen LogP contribution in [0.3, 0.4) is 0 Å². The van der Waals surface area contributed by atoms with Crippen molar-refractivity contribution in [2.24, 2.45) is 0 Å². The number of piperazine rings is 1. The van der Waals surface area contributed by atoms with Gasteiger partial charge < -0.3 is 5.32 Å². The maximum atomic E-state index is 12.1. The number of hydrogen-bond donors (Lipinski definition) is 1. The summed E-state index contributed by atoms with van der Waals surface area (Å²) in [6.45, 7) is 6.00. The molecule has 0 saturated carbocycles. The van der Waals surface area contributed by atoms with Crippen molar-refractivity contribution in [2.75, 3.05) is 39.3 Å². The van der Waals surface area contributed by atoms with Crippen LogP contribution in [0, 0.1) is 0 Å². The molecule has 1 aromatic heterocycles. The van der Waals surface area contributed by atoms with Crippen LogP contribution in [0.5, 0.6) is 0 Å². The minimum absolute atomic E-state index is 0.120. The van der Waals surface area contributed by atoms with Gasteiger partial charge in [0.1, 0.15) is 0 Å². The lowest BCUT2D eigenvalue weighted by atomic mass is 10.1. The molecule has 0 radical (unpaired) electrons. The largest absolute Gasteiger partial charge is 0.355 e. The van der Waals surface area contributed by atoms with E-state index in [1.54, 1.807) is 11.3 Å². The van der Waals surface area contributed by atoms with Gasteiger partial charge in [-0.05, 0) is 24.1 Å². The number of carbonyl (C=O) groups is 1.